The van der Waals surface area contributed by atoms with E-state index < -0.39 is 0 Å². The molecule has 2 aromatic carbocycles. The Labute approximate surface area is 152 Å². The zero-order valence-corrected chi connectivity index (χ0v) is 14.6. The second kappa shape index (κ2) is 8.75. The Bertz CT molecular complexity index is 778. The molecule has 0 aliphatic carbocycles. The van der Waals surface area contributed by atoms with Crippen LogP contribution in [0.1, 0.15) is 5.56 Å². The van der Waals surface area contributed by atoms with Gasteiger partial charge in [-0.1, -0.05) is 24.3 Å². The average Bonchev–Trinajstić information content (AvgIpc) is 3.13. The quantitative estimate of drug-likeness (QED) is 0.544. The van der Waals surface area contributed by atoms with Gasteiger partial charge < -0.3 is 25.4 Å². The first kappa shape index (κ1) is 17.6. The van der Waals surface area contributed by atoms with Crippen LogP contribution in [0.4, 0.5) is 5.69 Å². The standard InChI is InChI=1S/C19H22N4O3/c1-20-19(22-12-18(24)23-15-5-3-2-4-6-15)21-10-9-14-7-8-16-17(11-14)26-13-25-16/h2-8,11H,9-10,12-13H2,1H3,(H,23,24)(H2,20,21,22). The maximum atomic E-state index is 12.0. The van der Waals surface area contributed by atoms with Crippen LogP contribution < -0.4 is 25.4 Å². The highest BCUT2D eigenvalue weighted by Crippen LogP contribution is 2.32. The molecule has 2 aromatic rings. The SMILES string of the molecule is CN=C(NCCc1ccc2c(c1)OCO2)NCC(=O)Nc1ccccc1. The fraction of sp³-hybridized carbons (Fsp3) is 0.263. The number of aliphatic imine (C=N–C) groups is 1. The largest absolute Gasteiger partial charge is 0.454 e. The molecule has 0 saturated carbocycles. The lowest BCUT2D eigenvalue weighted by Crippen LogP contribution is -2.42. The summed E-state index contributed by atoms with van der Waals surface area (Å²) in [5, 5.41) is 9.01. The molecular weight excluding hydrogens is 332 g/mol. The number of guanidine groups is 1. The lowest BCUT2D eigenvalue weighted by molar-refractivity contribution is -0.115. The van der Waals surface area contributed by atoms with Crippen LogP contribution in [0.3, 0.4) is 0 Å². The molecule has 0 saturated heterocycles. The van der Waals surface area contributed by atoms with Gasteiger partial charge in [0.25, 0.3) is 0 Å². The van der Waals surface area contributed by atoms with Crippen molar-refractivity contribution in [3.63, 3.8) is 0 Å². The first-order valence-corrected chi connectivity index (χ1v) is 8.42. The molecule has 0 aromatic heterocycles. The van der Waals surface area contributed by atoms with Crippen LogP contribution in [0.25, 0.3) is 0 Å². The van der Waals surface area contributed by atoms with Crippen LogP contribution in [-0.2, 0) is 11.2 Å². The van der Waals surface area contributed by atoms with Crippen LogP contribution >= 0.6 is 0 Å². The van der Waals surface area contributed by atoms with Crippen molar-refractivity contribution in [3.8, 4) is 11.5 Å². The van der Waals surface area contributed by atoms with Crippen LogP contribution in [0.2, 0.25) is 0 Å². The summed E-state index contributed by atoms with van der Waals surface area (Å²) in [6, 6.07) is 15.2. The topological polar surface area (TPSA) is 84.0 Å². The van der Waals surface area contributed by atoms with Crippen molar-refractivity contribution in [2.75, 3.05) is 32.2 Å². The predicted molar refractivity (Wildman–Crippen MR) is 101 cm³/mol. The Morgan fingerprint density at radius 3 is 2.69 bits per heavy atom. The smallest absolute Gasteiger partial charge is 0.243 e. The number of carbonyl (C=O) groups excluding carboxylic acids is 1. The van der Waals surface area contributed by atoms with Crippen molar-refractivity contribution in [2.45, 2.75) is 6.42 Å². The molecule has 0 radical (unpaired) electrons. The van der Waals surface area contributed by atoms with E-state index in [2.05, 4.69) is 20.9 Å². The normalized spacial score (nSPS) is 12.6. The minimum atomic E-state index is -0.130. The van der Waals surface area contributed by atoms with E-state index in [0.717, 1.165) is 29.2 Å². The molecule has 1 amide bonds. The van der Waals surface area contributed by atoms with Crippen LogP contribution in [0.5, 0.6) is 11.5 Å². The Kier molecular flexibility index (Phi) is 5.92. The predicted octanol–water partition coefficient (Wildman–Crippen LogP) is 1.76. The van der Waals surface area contributed by atoms with E-state index in [9.17, 15) is 4.79 Å². The molecule has 7 nitrogen and oxygen atoms in total. The number of hydrogen-bond donors (Lipinski definition) is 3. The van der Waals surface area contributed by atoms with Crippen molar-refractivity contribution < 1.29 is 14.3 Å². The maximum Gasteiger partial charge on any atom is 0.243 e. The average molecular weight is 354 g/mol. The Balaban J connectivity index is 1.40. The van der Waals surface area contributed by atoms with Crippen molar-refractivity contribution in [1.82, 2.24) is 10.6 Å². The molecule has 0 atom stereocenters. The highest BCUT2D eigenvalue weighted by molar-refractivity contribution is 5.94. The van der Waals surface area contributed by atoms with Crippen LogP contribution in [-0.4, -0.2) is 38.8 Å². The van der Waals surface area contributed by atoms with E-state index in [1.54, 1.807) is 7.05 Å². The zero-order chi connectivity index (χ0) is 18.2. The van der Waals surface area contributed by atoms with E-state index >= 15 is 0 Å². The van der Waals surface area contributed by atoms with Crippen molar-refractivity contribution >= 4 is 17.6 Å². The highest BCUT2D eigenvalue weighted by atomic mass is 16.7. The first-order chi connectivity index (χ1) is 12.7. The van der Waals surface area contributed by atoms with Crippen molar-refractivity contribution in [1.29, 1.82) is 0 Å². The van der Waals surface area contributed by atoms with E-state index in [-0.39, 0.29) is 19.2 Å². The molecule has 136 valence electrons. The Hall–Kier alpha value is -3.22. The van der Waals surface area contributed by atoms with Gasteiger partial charge in [-0.3, -0.25) is 9.79 Å². The number of benzene rings is 2. The molecule has 1 aliphatic heterocycles. The van der Waals surface area contributed by atoms with Crippen molar-refractivity contribution in [2.24, 2.45) is 4.99 Å². The van der Waals surface area contributed by atoms with Gasteiger partial charge in [-0.25, -0.2) is 0 Å². The third-order valence-corrected chi connectivity index (χ3v) is 3.84. The van der Waals surface area contributed by atoms with E-state index in [0.29, 0.717) is 12.5 Å². The van der Waals surface area contributed by atoms with Gasteiger partial charge in [0.05, 0.1) is 6.54 Å². The molecule has 1 aliphatic rings. The van der Waals surface area contributed by atoms with Gasteiger partial charge >= 0.3 is 0 Å². The van der Waals surface area contributed by atoms with Crippen LogP contribution in [0.15, 0.2) is 53.5 Å². The van der Waals surface area contributed by atoms with Gasteiger partial charge in [-0.2, -0.15) is 0 Å². The summed E-state index contributed by atoms with van der Waals surface area (Å²) in [5.41, 5.74) is 1.91. The molecule has 26 heavy (non-hydrogen) atoms. The first-order valence-electron chi connectivity index (χ1n) is 8.42. The third kappa shape index (κ3) is 4.89. The number of fused-ring (bicyclic) bond motifs is 1. The number of anilines is 1. The van der Waals surface area contributed by atoms with Gasteiger partial charge in [0.15, 0.2) is 17.5 Å². The lowest BCUT2D eigenvalue weighted by Gasteiger charge is -2.12. The molecule has 7 heteroatoms. The van der Waals surface area contributed by atoms with E-state index in [4.69, 9.17) is 9.47 Å². The fourth-order valence-corrected chi connectivity index (χ4v) is 2.53. The second-order valence-electron chi connectivity index (χ2n) is 5.70. The molecule has 0 fully saturated rings. The summed E-state index contributed by atoms with van der Waals surface area (Å²) in [6.45, 7) is 1.09. The summed E-state index contributed by atoms with van der Waals surface area (Å²) in [6.07, 6.45) is 0.799. The number of nitrogens with one attached hydrogen (secondary N) is 3. The lowest BCUT2D eigenvalue weighted by atomic mass is 10.1. The Morgan fingerprint density at radius 1 is 1.08 bits per heavy atom. The molecule has 3 N–H and O–H groups in total. The number of nitrogens with zero attached hydrogens (tertiary/aromatic N) is 1. The number of rotatable bonds is 6. The van der Waals surface area contributed by atoms with Gasteiger partial charge in [0, 0.05) is 19.3 Å². The number of ether oxygens (including phenoxy) is 2. The number of hydrogen-bond acceptors (Lipinski definition) is 4. The minimum Gasteiger partial charge on any atom is -0.454 e. The minimum absolute atomic E-state index is 0.130. The molecule has 0 spiro atoms. The molecule has 0 bridgehead atoms. The maximum absolute atomic E-state index is 12.0. The zero-order valence-electron chi connectivity index (χ0n) is 14.6. The molecule has 1 heterocycles. The Morgan fingerprint density at radius 2 is 1.88 bits per heavy atom. The van der Waals surface area contributed by atoms with E-state index in [1.807, 2.05) is 48.5 Å². The second-order valence-corrected chi connectivity index (χ2v) is 5.70. The number of amides is 1. The summed E-state index contributed by atoms with van der Waals surface area (Å²) >= 11 is 0. The van der Waals surface area contributed by atoms with Gasteiger partial charge in [0.2, 0.25) is 12.7 Å². The number of carbonyl (C=O) groups is 1. The summed E-state index contributed by atoms with van der Waals surface area (Å²) in [4.78, 5) is 16.1. The number of para-hydroxylation sites is 1. The van der Waals surface area contributed by atoms with Gasteiger partial charge in [-0.05, 0) is 36.2 Å². The monoisotopic (exact) mass is 354 g/mol. The van der Waals surface area contributed by atoms with Gasteiger partial charge in [0.1, 0.15) is 0 Å². The molecule has 3 rings (SSSR count). The summed E-state index contributed by atoms with van der Waals surface area (Å²) in [5.74, 6) is 2.01. The summed E-state index contributed by atoms with van der Waals surface area (Å²) in [7, 11) is 1.67. The molecular formula is C19H22N4O3. The molecule has 0 unspecified atom stereocenters. The summed E-state index contributed by atoms with van der Waals surface area (Å²) < 4.78 is 10.7. The highest BCUT2D eigenvalue weighted by Gasteiger charge is 2.13. The fourth-order valence-electron chi connectivity index (χ4n) is 2.53. The van der Waals surface area contributed by atoms with Gasteiger partial charge in [-0.15, -0.1) is 0 Å². The van der Waals surface area contributed by atoms with Crippen LogP contribution in [0, 0.1) is 0 Å². The van der Waals surface area contributed by atoms with E-state index in [1.165, 1.54) is 0 Å². The van der Waals surface area contributed by atoms with Crippen molar-refractivity contribution in [3.05, 3.63) is 54.1 Å². The third-order valence-electron chi connectivity index (χ3n) is 3.84.